The van der Waals surface area contributed by atoms with Crippen LogP contribution in [0.3, 0.4) is 0 Å². The number of benzene rings is 2. The standard InChI is InChI=1S/C18H16N2O2/c1-13(21)15-6-4-7-16(11-15)19-18(22)12-20-10-9-14-5-2-3-8-17(14)20/h2-11H,12H2,1H3,(H,19,22). The van der Waals surface area contributed by atoms with Crippen LogP contribution in [0.2, 0.25) is 0 Å². The van der Waals surface area contributed by atoms with Crippen LogP contribution in [0.25, 0.3) is 10.9 Å². The number of hydrogen-bond acceptors (Lipinski definition) is 2. The average molecular weight is 292 g/mol. The number of anilines is 1. The van der Waals surface area contributed by atoms with Gasteiger partial charge in [-0.25, -0.2) is 0 Å². The second-order valence-electron chi connectivity index (χ2n) is 5.19. The van der Waals surface area contributed by atoms with E-state index < -0.39 is 0 Å². The number of aromatic nitrogens is 1. The molecule has 0 saturated carbocycles. The minimum absolute atomic E-state index is 0.0208. The van der Waals surface area contributed by atoms with Gasteiger partial charge in [-0.3, -0.25) is 9.59 Å². The number of ketones is 1. The van der Waals surface area contributed by atoms with Gasteiger partial charge in [-0.15, -0.1) is 0 Å². The third-order valence-corrected chi connectivity index (χ3v) is 3.55. The first-order valence-electron chi connectivity index (χ1n) is 7.08. The Morgan fingerprint density at radius 2 is 1.86 bits per heavy atom. The summed E-state index contributed by atoms with van der Waals surface area (Å²) in [4.78, 5) is 23.6. The predicted molar refractivity (Wildman–Crippen MR) is 87.0 cm³/mol. The maximum absolute atomic E-state index is 12.2. The number of Topliss-reactive ketones (excluding diaryl/α,β-unsaturated/α-hetero) is 1. The normalized spacial score (nSPS) is 10.6. The van der Waals surface area contributed by atoms with Gasteiger partial charge in [0.1, 0.15) is 6.54 Å². The maximum atomic E-state index is 12.2. The zero-order chi connectivity index (χ0) is 15.5. The number of para-hydroxylation sites is 1. The Morgan fingerprint density at radius 1 is 1.05 bits per heavy atom. The van der Waals surface area contributed by atoms with Crippen LogP contribution in [0.1, 0.15) is 17.3 Å². The van der Waals surface area contributed by atoms with Crippen LogP contribution in [0.4, 0.5) is 5.69 Å². The van der Waals surface area contributed by atoms with Crippen molar-refractivity contribution in [3.63, 3.8) is 0 Å². The van der Waals surface area contributed by atoms with E-state index in [0.29, 0.717) is 11.3 Å². The zero-order valence-electron chi connectivity index (χ0n) is 12.2. The Kier molecular flexibility index (Phi) is 3.74. The first-order valence-corrected chi connectivity index (χ1v) is 7.08. The Labute approximate surface area is 128 Å². The number of rotatable bonds is 4. The molecule has 0 bridgehead atoms. The summed E-state index contributed by atoms with van der Waals surface area (Å²) in [5.41, 5.74) is 2.24. The van der Waals surface area contributed by atoms with Gasteiger partial charge in [0.2, 0.25) is 5.91 Å². The molecular formula is C18H16N2O2. The fourth-order valence-electron chi connectivity index (χ4n) is 2.45. The largest absolute Gasteiger partial charge is 0.338 e. The molecule has 110 valence electrons. The number of nitrogens with zero attached hydrogens (tertiary/aromatic N) is 1. The lowest BCUT2D eigenvalue weighted by Crippen LogP contribution is -2.18. The van der Waals surface area contributed by atoms with Crippen molar-refractivity contribution >= 4 is 28.3 Å². The van der Waals surface area contributed by atoms with Crippen molar-refractivity contribution in [2.24, 2.45) is 0 Å². The van der Waals surface area contributed by atoms with Gasteiger partial charge < -0.3 is 9.88 Å². The van der Waals surface area contributed by atoms with E-state index in [1.165, 1.54) is 6.92 Å². The SMILES string of the molecule is CC(=O)c1cccc(NC(=O)Cn2ccc3ccccc32)c1. The molecule has 0 atom stereocenters. The Morgan fingerprint density at radius 3 is 2.68 bits per heavy atom. The predicted octanol–water partition coefficient (Wildman–Crippen LogP) is 3.48. The average Bonchev–Trinajstić information content (AvgIpc) is 2.91. The van der Waals surface area contributed by atoms with Gasteiger partial charge in [0.15, 0.2) is 5.78 Å². The Hall–Kier alpha value is -2.88. The molecule has 1 heterocycles. The van der Waals surface area contributed by atoms with Crippen molar-refractivity contribution in [2.45, 2.75) is 13.5 Å². The van der Waals surface area contributed by atoms with E-state index in [1.807, 2.05) is 41.1 Å². The summed E-state index contributed by atoms with van der Waals surface area (Å²) >= 11 is 0. The van der Waals surface area contributed by atoms with E-state index in [2.05, 4.69) is 5.32 Å². The Balaban J connectivity index is 1.75. The molecule has 22 heavy (non-hydrogen) atoms. The molecule has 0 spiro atoms. The zero-order valence-corrected chi connectivity index (χ0v) is 12.2. The minimum atomic E-state index is -0.123. The summed E-state index contributed by atoms with van der Waals surface area (Å²) in [7, 11) is 0. The second-order valence-corrected chi connectivity index (χ2v) is 5.19. The van der Waals surface area contributed by atoms with E-state index in [-0.39, 0.29) is 18.2 Å². The molecule has 4 nitrogen and oxygen atoms in total. The fourth-order valence-corrected chi connectivity index (χ4v) is 2.45. The maximum Gasteiger partial charge on any atom is 0.244 e. The van der Waals surface area contributed by atoms with Gasteiger partial charge in [0, 0.05) is 23.0 Å². The van der Waals surface area contributed by atoms with Crippen LogP contribution in [-0.2, 0) is 11.3 Å². The molecule has 0 aliphatic carbocycles. The molecule has 0 unspecified atom stereocenters. The van der Waals surface area contributed by atoms with Gasteiger partial charge in [-0.2, -0.15) is 0 Å². The van der Waals surface area contributed by atoms with E-state index in [4.69, 9.17) is 0 Å². The van der Waals surface area contributed by atoms with Crippen LogP contribution >= 0.6 is 0 Å². The molecule has 0 aliphatic heterocycles. The smallest absolute Gasteiger partial charge is 0.244 e. The first kappa shape index (κ1) is 14.1. The van der Waals surface area contributed by atoms with E-state index in [0.717, 1.165) is 10.9 Å². The van der Waals surface area contributed by atoms with E-state index in [9.17, 15) is 9.59 Å². The molecule has 0 saturated heterocycles. The van der Waals surface area contributed by atoms with E-state index >= 15 is 0 Å². The van der Waals surface area contributed by atoms with Crippen LogP contribution < -0.4 is 5.32 Å². The van der Waals surface area contributed by atoms with Gasteiger partial charge >= 0.3 is 0 Å². The molecular weight excluding hydrogens is 276 g/mol. The molecule has 4 heteroatoms. The lowest BCUT2D eigenvalue weighted by Gasteiger charge is -2.08. The highest BCUT2D eigenvalue weighted by molar-refractivity contribution is 5.97. The van der Waals surface area contributed by atoms with Crippen molar-refractivity contribution < 1.29 is 9.59 Å². The van der Waals surface area contributed by atoms with Gasteiger partial charge in [-0.05, 0) is 36.6 Å². The number of carbonyl (C=O) groups excluding carboxylic acids is 2. The molecule has 1 amide bonds. The highest BCUT2D eigenvalue weighted by atomic mass is 16.2. The van der Waals surface area contributed by atoms with Crippen molar-refractivity contribution in [1.29, 1.82) is 0 Å². The summed E-state index contributed by atoms with van der Waals surface area (Å²) in [6.07, 6.45) is 1.90. The van der Waals surface area contributed by atoms with Crippen molar-refractivity contribution in [3.8, 4) is 0 Å². The van der Waals surface area contributed by atoms with Crippen LogP contribution in [0, 0.1) is 0 Å². The topological polar surface area (TPSA) is 51.1 Å². The Bertz CT molecular complexity index is 849. The van der Waals surface area contributed by atoms with Crippen LogP contribution in [0.15, 0.2) is 60.8 Å². The summed E-state index contributed by atoms with van der Waals surface area (Å²) in [5, 5.41) is 3.93. The molecule has 0 radical (unpaired) electrons. The number of amides is 1. The highest BCUT2D eigenvalue weighted by Crippen LogP contribution is 2.16. The summed E-state index contributed by atoms with van der Waals surface area (Å²) in [6.45, 7) is 1.74. The lowest BCUT2D eigenvalue weighted by atomic mass is 10.1. The van der Waals surface area contributed by atoms with Crippen LogP contribution in [0.5, 0.6) is 0 Å². The van der Waals surface area contributed by atoms with Gasteiger partial charge in [-0.1, -0.05) is 30.3 Å². The lowest BCUT2D eigenvalue weighted by molar-refractivity contribution is -0.116. The molecule has 0 aliphatic rings. The number of carbonyl (C=O) groups is 2. The monoisotopic (exact) mass is 292 g/mol. The third-order valence-electron chi connectivity index (χ3n) is 3.55. The first-order chi connectivity index (χ1) is 10.6. The van der Waals surface area contributed by atoms with Gasteiger partial charge in [0.05, 0.1) is 0 Å². The summed E-state index contributed by atoms with van der Waals surface area (Å²) < 4.78 is 1.90. The number of hydrogen-bond donors (Lipinski definition) is 1. The molecule has 3 rings (SSSR count). The second kappa shape index (κ2) is 5.85. The fraction of sp³-hybridized carbons (Fsp3) is 0.111. The summed E-state index contributed by atoms with van der Waals surface area (Å²) in [5.74, 6) is -0.144. The van der Waals surface area contributed by atoms with Crippen molar-refractivity contribution in [3.05, 3.63) is 66.4 Å². The van der Waals surface area contributed by atoms with E-state index in [1.54, 1.807) is 24.3 Å². The number of fused-ring (bicyclic) bond motifs is 1. The quantitative estimate of drug-likeness (QED) is 0.748. The van der Waals surface area contributed by atoms with Crippen molar-refractivity contribution in [1.82, 2.24) is 4.57 Å². The van der Waals surface area contributed by atoms with Crippen LogP contribution in [-0.4, -0.2) is 16.3 Å². The third kappa shape index (κ3) is 2.91. The molecule has 3 aromatic rings. The summed E-state index contributed by atoms with van der Waals surface area (Å²) in [6, 6.07) is 16.9. The van der Waals surface area contributed by atoms with Crippen molar-refractivity contribution in [2.75, 3.05) is 5.32 Å². The number of nitrogens with one attached hydrogen (secondary N) is 1. The van der Waals surface area contributed by atoms with Gasteiger partial charge in [0.25, 0.3) is 0 Å². The molecule has 1 N–H and O–H groups in total. The minimum Gasteiger partial charge on any atom is -0.338 e. The highest BCUT2D eigenvalue weighted by Gasteiger charge is 2.07. The molecule has 1 aromatic heterocycles. The molecule has 2 aromatic carbocycles. The molecule has 0 fully saturated rings.